The number of nitrogens with one attached hydrogen (secondary N) is 3. The lowest BCUT2D eigenvalue weighted by Crippen LogP contribution is -2.42. The largest absolute Gasteiger partial charge is 0.379 e. The van der Waals surface area contributed by atoms with E-state index in [2.05, 4.69) is 15.9 Å². The highest BCUT2D eigenvalue weighted by molar-refractivity contribution is 8.20. The zero-order valence-electron chi connectivity index (χ0n) is 18.6. The third-order valence-electron chi connectivity index (χ3n) is 5.36. The molecular weight excluding hydrogens is 543 g/mol. The Morgan fingerprint density at radius 2 is 1.51 bits per heavy atom. The summed E-state index contributed by atoms with van der Waals surface area (Å²) in [7, 11) is -3.68. The minimum atomic E-state index is -3.68. The molecule has 7 nitrogen and oxygen atoms in total. The van der Waals surface area contributed by atoms with Gasteiger partial charge in [0.2, 0.25) is 10.0 Å². The molecule has 0 saturated carbocycles. The highest BCUT2D eigenvalue weighted by Crippen LogP contribution is 2.38. The number of benzene rings is 3. The van der Waals surface area contributed by atoms with E-state index in [1.54, 1.807) is 0 Å². The van der Waals surface area contributed by atoms with Gasteiger partial charge >= 0.3 is 0 Å². The lowest BCUT2D eigenvalue weighted by atomic mass is 10.3. The van der Waals surface area contributed by atoms with Crippen molar-refractivity contribution < 1.29 is 13.2 Å². The van der Waals surface area contributed by atoms with Crippen LogP contribution in [-0.2, 0) is 26.6 Å². The van der Waals surface area contributed by atoms with Gasteiger partial charge in [-0.05, 0) is 30.4 Å². The Balaban J connectivity index is 1.52. The van der Waals surface area contributed by atoms with Crippen molar-refractivity contribution >= 4 is 73.2 Å². The fourth-order valence-electron chi connectivity index (χ4n) is 3.53. The Kier molecular flexibility index (Phi) is 8.57. The highest BCUT2D eigenvalue weighted by atomic mass is 35.5. The molecule has 35 heavy (non-hydrogen) atoms. The fraction of sp³-hybridized carbons (Fsp3) is 0.174. The summed E-state index contributed by atoms with van der Waals surface area (Å²) in [6.45, 7) is 1.35. The van der Waals surface area contributed by atoms with Crippen molar-refractivity contribution in [3.05, 3.63) is 83.9 Å². The predicted octanol–water partition coefficient (Wildman–Crippen LogP) is 3.20. The van der Waals surface area contributed by atoms with Gasteiger partial charge in [0.15, 0.2) is 5.11 Å². The molecule has 0 aliphatic carbocycles. The van der Waals surface area contributed by atoms with Crippen LogP contribution in [0, 0.1) is 0 Å². The number of anilines is 1. The Labute approximate surface area is 220 Å². The third-order valence-corrected chi connectivity index (χ3v) is 11.8. The fourth-order valence-corrected chi connectivity index (χ4v) is 8.25. The van der Waals surface area contributed by atoms with Crippen molar-refractivity contribution in [3.63, 3.8) is 0 Å². The molecule has 0 radical (unpaired) electrons. The second-order valence-corrected chi connectivity index (χ2v) is 14.5. The predicted molar refractivity (Wildman–Crippen MR) is 150 cm³/mol. The number of sulfonamides is 1. The summed E-state index contributed by atoms with van der Waals surface area (Å²) in [6.07, 6.45) is -2.45. The molecule has 184 valence electrons. The first kappa shape index (κ1) is 26.2. The molecule has 3 aromatic carbocycles. The Morgan fingerprint density at radius 3 is 2.09 bits per heavy atom. The molecule has 1 heterocycles. The van der Waals surface area contributed by atoms with Gasteiger partial charge in [0.05, 0.1) is 35.0 Å². The maximum absolute atomic E-state index is 13.0. The number of thiocarbonyl (C=S) groups is 1. The highest BCUT2D eigenvalue weighted by Gasteiger charge is 2.27. The number of rotatable bonds is 7. The molecule has 1 fully saturated rings. The minimum absolute atomic E-state index is 0.126. The molecule has 0 unspecified atom stereocenters. The molecule has 3 aromatic rings. The van der Waals surface area contributed by atoms with Crippen molar-refractivity contribution in [3.8, 4) is 0 Å². The average molecular weight is 567 g/mol. The van der Waals surface area contributed by atoms with Gasteiger partial charge in [0.25, 0.3) is 0 Å². The van der Waals surface area contributed by atoms with Crippen molar-refractivity contribution in [2.45, 2.75) is 4.90 Å². The van der Waals surface area contributed by atoms with Crippen LogP contribution in [0.1, 0.15) is 0 Å². The van der Waals surface area contributed by atoms with Crippen LogP contribution in [0.3, 0.4) is 0 Å². The van der Waals surface area contributed by atoms with E-state index in [1.807, 2.05) is 60.7 Å². The molecule has 0 aromatic heterocycles. The van der Waals surface area contributed by atoms with E-state index in [4.69, 9.17) is 40.4 Å². The van der Waals surface area contributed by atoms with E-state index in [0.717, 1.165) is 10.6 Å². The Hall–Kier alpha value is -1.88. The molecule has 3 N–H and O–H groups in total. The van der Waals surface area contributed by atoms with E-state index in [9.17, 15) is 8.42 Å². The molecule has 1 aliphatic heterocycles. The maximum atomic E-state index is 13.0. The molecule has 0 atom stereocenters. The molecular formula is C23H24ClN4O3PS3. The Morgan fingerprint density at radius 1 is 0.943 bits per heavy atom. The van der Waals surface area contributed by atoms with E-state index in [-0.39, 0.29) is 10.0 Å². The molecule has 4 rings (SSSR count). The second kappa shape index (κ2) is 11.5. The van der Waals surface area contributed by atoms with E-state index in [0.29, 0.717) is 37.0 Å². The smallest absolute Gasteiger partial charge is 0.243 e. The van der Waals surface area contributed by atoms with Crippen molar-refractivity contribution in [1.29, 1.82) is 0 Å². The molecule has 1 saturated heterocycles. The van der Waals surface area contributed by atoms with Gasteiger partial charge in [0, 0.05) is 23.7 Å². The van der Waals surface area contributed by atoms with Gasteiger partial charge < -0.3 is 10.1 Å². The topological polar surface area (TPSA) is 82.7 Å². The van der Waals surface area contributed by atoms with Crippen molar-refractivity contribution in [2.24, 2.45) is 0 Å². The van der Waals surface area contributed by atoms with E-state index in [1.165, 1.54) is 22.5 Å². The van der Waals surface area contributed by atoms with Crippen LogP contribution in [0.25, 0.3) is 0 Å². The van der Waals surface area contributed by atoms with Gasteiger partial charge in [-0.1, -0.05) is 84.1 Å². The lowest BCUT2D eigenvalue weighted by molar-refractivity contribution is 0.0730. The molecule has 1 aliphatic rings. The summed E-state index contributed by atoms with van der Waals surface area (Å²) in [4.78, 5) is 0.126. The van der Waals surface area contributed by atoms with Gasteiger partial charge in [-0.25, -0.2) is 8.42 Å². The van der Waals surface area contributed by atoms with Gasteiger partial charge in [-0.2, -0.15) is 9.50 Å². The van der Waals surface area contributed by atoms with Crippen LogP contribution in [-0.4, -0.2) is 44.1 Å². The number of hydrogen-bond acceptors (Lipinski definition) is 5. The summed E-state index contributed by atoms with van der Waals surface area (Å²) in [5.41, 5.74) is 3.37. The Bertz CT molecular complexity index is 1300. The van der Waals surface area contributed by atoms with Crippen LogP contribution in [0.15, 0.2) is 83.8 Å². The summed E-state index contributed by atoms with van der Waals surface area (Å²) in [6, 6.07) is 24.1. The van der Waals surface area contributed by atoms with E-state index >= 15 is 0 Å². The van der Waals surface area contributed by atoms with Gasteiger partial charge in [-0.3, -0.25) is 5.43 Å². The summed E-state index contributed by atoms with van der Waals surface area (Å²) in [5, 5.41) is 8.71. The number of ether oxygens (including phenoxy) is 1. The SMILES string of the molecule is O=S(=O)(c1ccc(Cl)c(NC(=S)NNP(=S)(c2ccccc2)c2ccccc2)c1)N1CCOCC1. The molecule has 0 spiro atoms. The standard InChI is InChI=1S/C23H24ClN4O3PS3/c24-21-12-11-20(35(29,30)28-13-15-31-16-14-28)17-22(21)25-23(33)26-27-32(34,18-7-3-1-4-8-18)19-9-5-2-6-10-19/h1-12,17H,13-16H2,(H,27,34)(H2,25,26,33). The third kappa shape index (κ3) is 6.10. The zero-order valence-corrected chi connectivity index (χ0v) is 22.7. The lowest BCUT2D eigenvalue weighted by Gasteiger charge is -2.27. The van der Waals surface area contributed by atoms with Crippen molar-refractivity contribution in [1.82, 2.24) is 14.9 Å². The van der Waals surface area contributed by atoms with Crippen LogP contribution >= 0.6 is 30.0 Å². The molecule has 0 amide bonds. The summed E-state index contributed by atoms with van der Waals surface area (Å²) in [5.74, 6) is 0. The second-order valence-electron chi connectivity index (χ2n) is 7.63. The van der Waals surface area contributed by atoms with Gasteiger partial charge in [-0.15, -0.1) is 0 Å². The normalized spacial score (nSPS) is 14.9. The summed E-state index contributed by atoms with van der Waals surface area (Å²) >= 11 is 17.9. The monoisotopic (exact) mass is 566 g/mol. The minimum Gasteiger partial charge on any atom is -0.379 e. The quantitative estimate of drug-likeness (QED) is 0.229. The maximum Gasteiger partial charge on any atom is 0.243 e. The van der Waals surface area contributed by atoms with Crippen LogP contribution < -0.4 is 26.5 Å². The van der Waals surface area contributed by atoms with Crippen molar-refractivity contribution in [2.75, 3.05) is 31.6 Å². The first-order chi connectivity index (χ1) is 16.8. The van der Waals surface area contributed by atoms with Crippen LogP contribution in [0.2, 0.25) is 5.02 Å². The zero-order chi connectivity index (χ0) is 24.9. The van der Waals surface area contributed by atoms with Crippen LogP contribution in [0.4, 0.5) is 5.69 Å². The number of halogens is 1. The van der Waals surface area contributed by atoms with Gasteiger partial charge in [0.1, 0.15) is 0 Å². The summed E-state index contributed by atoms with van der Waals surface area (Å²) < 4.78 is 32.7. The number of nitrogens with zero attached hydrogens (tertiary/aromatic N) is 1. The number of morpholine rings is 1. The average Bonchev–Trinajstić information content (AvgIpc) is 2.90. The van der Waals surface area contributed by atoms with Crippen LogP contribution in [0.5, 0.6) is 0 Å². The van der Waals surface area contributed by atoms with E-state index < -0.39 is 16.2 Å². The first-order valence-corrected chi connectivity index (χ1v) is 15.8. The number of hydrogen-bond donors (Lipinski definition) is 3. The molecule has 12 heteroatoms. The molecule has 0 bridgehead atoms. The first-order valence-electron chi connectivity index (χ1n) is 10.7. The number of hydrazine groups is 1.